The summed E-state index contributed by atoms with van der Waals surface area (Å²) in [7, 11) is 0. The number of hydrogen-bond acceptors (Lipinski definition) is 5. The largest absolute Gasteiger partial charge is 0.462 e. The van der Waals surface area contributed by atoms with Gasteiger partial charge < -0.3 is 14.2 Å². The van der Waals surface area contributed by atoms with E-state index in [4.69, 9.17) is 14.2 Å². The van der Waals surface area contributed by atoms with Gasteiger partial charge in [-0.25, -0.2) is 0 Å². The first-order valence-corrected chi connectivity index (χ1v) is 30.8. The number of carbonyl (C=O) groups is 2. The average Bonchev–Trinajstić information content (AvgIpc) is 3.36. The highest BCUT2D eigenvalue weighted by atomic mass is 16.6. The summed E-state index contributed by atoms with van der Waals surface area (Å²) in [5.41, 5.74) is 0. The van der Waals surface area contributed by atoms with Crippen LogP contribution in [0.5, 0.6) is 0 Å². The van der Waals surface area contributed by atoms with E-state index >= 15 is 0 Å². The van der Waals surface area contributed by atoms with Gasteiger partial charge in [0.15, 0.2) is 6.10 Å². The zero-order valence-electron chi connectivity index (χ0n) is 47.0. The van der Waals surface area contributed by atoms with Crippen LogP contribution in [0, 0.1) is 0 Å². The van der Waals surface area contributed by atoms with E-state index < -0.39 is 6.10 Å². The minimum atomic E-state index is -0.557. The topological polar surface area (TPSA) is 61.8 Å². The Kier molecular flexibility index (Phi) is 58.8. The van der Waals surface area contributed by atoms with Crippen LogP contribution in [0.3, 0.4) is 0 Å². The molecule has 0 unspecified atom stereocenters. The van der Waals surface area contributed by atoms with Gasteiger partial charge in [0, 0.05) is 19.4 Å². The van der Waals surface area contributed by atoms with Gasteiger partial charge in [-0.1, -0.05) is 306 Å². The standard InChI is InChI=1S/C65H118O5/c1-4-7-10-13-16-19-22-25-28-31-32-33-34-36-38-41-44-47-50-53-56-59-65(67)70-63(61-68-60-57-54-51-48-45-42-39-30-27-24-21-18-15-12-9-6-3)62-69-64(66)58-55-52-49-46-43-40-37-35-29-26-23-20-17-14-11-8-5-2/h8,11,17,20,26,29,37,40,46,49,63H,4-7,9-10,12-16,18-19,21-25,27-28,30-36,38-39,41-45,47-48,50-62H2,1-3H3/b11-8-,20-17-,29-26-,40-37-,49-46-/t63-/m1/s1. The van der Waals surface area contributed by atoms with E-state index in [0.29, 0.717) is 19.4 Å². The molecule has 0 aromatic carbocycles. The van der Waals surface area contributed by atoms with Crippen molar-refractivity contribution in [2.45, 2.75) is 322 Å². The average molecular weight is 980 g/mol. The second-order valence-electron chi connectivity index (χ2n) is 20.6. The van der Waals surface area contributed by atoms with E-state index in [-0.39, 0.29) is 25.2 Å². The maximum atomic E-state index is 12.9. The van der Waals surface area contributed by atoms with Gasteiger partial charge in [0.05, 0.1) is 6.61 Å². The third-order valence-corrected chi connectivity index (χ3v) is 13.6. The van der Waals surface area contributed by atoms with E-state index in [1.54, 1.807) is 0 Å². The molecule has 5 nitrogen and oxygen atoms in total. The Morgan fingerprint density at radius 1 is 0.329 bits per heavy atom. The molecule has 0 saturated carbocycles. The second-order valence-corrected chi connectivity index (χ2v) is 20.6. The van der Waals surface area contributed by atoms with Gasteiger partial charge in [-0.3, -0.25) is 9.59 Å². The number of ether oxygens (including phenoxy) is 3. The lowest BCUT2D eigenvalue weighted by Crippen LogP contribution is -2.30. The van der Waals surface area contributed by atoms with Gasteiger partial charge in [-0.2, -0.15) is 0 Å². The highest BCUT2D eigenvalue weighted by molar-refractivity contribution is 5.70. The summed E-state index contributed by atoms with van der Waals surface area (Å²) in [6.45, 7) is 7.72. The van der Waals surface area contributed by atoms with Crippen LogP contribution in [-0.4, -0.2) is 37.9 Å². The lowest BCUT2D eigenvalue weighted by Gasteiger charge is -2.18. The van der Waals surface area contributed by atoms with Crippen LogP contribution in [0.2, 0.25) is 0 Å². The van der Waals surface area contributed by atoms with Crippen molar-refractivity contribution >= 4 is 11.9 Å². The normalized spacial score (nSPS) is 12.6. The Hall–Kier alpha value is -2.40. The van der Waals surface area contributed by atoms with Gasteiger partial charge in [-0.15, -0.1) is 0 Å². The summed E-state index contributed by atoms with van der Waals surface area (Å²) in [6.07, 6.45) is 78.4. The maximum Gasteiger partial charge on any atom is 0.306 e. The lowest BCUT2D eigenvalue weighted by atomic mass is 10.0. The van der Waals surface area contributed by atoms with Crippen molar-refractivity contribution in [1.29, 1.82) is 0 Å². The van der Waals surface area contributed by atoms with E-state index in [9.17, 15) is 9.59 Å². The van der Waals surface area contributed by atoms with E-state index in [1.165, 1.54) is 212 Å². The predicted octanol–water partition coefficient (Wildman–Crippen LogP) is 21.2. The van der Waals surface area contributed by atoms with Crippen molar-refractivity contribution in [3.63, 3.8) is 0 Å². The molecule has 0 aliphatic heterocycles. The van der Waals surface area contributed by atoms with Crippen LogP contribution < -0.4 is 0 Å². The molecule has 0 rings (SSSR count). The molecule has 0 aromatic rings. The number of hydrogen-bond donors (Lipinski definition) is 0. The third kappa shape index (κ3) is 58.2. The summed E-state index contributed by atoms with van der Waals surface area (Å²) >= 11 is 0. The molecule has 0 aliphatic rings. The SMILES string of the molecule is CC/C=C\C/C=C\C/C=C\C/C=C\C/C=C\CCCC(=O)OC[C@@H](COCCCCCCCCCCCCCCCCCC)OC(=O)CCCCCCCCCCCCCCCCCCCCCCC. The van der Waals surface area contributed by atoms with Gasteiger partial charge in [-0.05, 0) is 57.8 Å². The monoisotopic (exact) mass is 979 g/mol. The van der Waals surface area contributed by atoms with E-state index in [1.807, 2.05) is 0 Å². The molecule has 1 atom stereocenters. The Morgan fingerprint density at radius 2 is 0.643 bits per heavy atom. The van der Waals surface area contributed by atoms with Crippen LogP contribution >= 0.6 is 0 Å². The van der Waals surface area contributed by atoms with Crippen molar-refractivity contribution in [2.24, 2.45) is 0 Å². The Labute approximate surface area is 436 Å². The third-order valence-electron chi connectivity index (χ3n) is 13.6. The molecule has 0 aromatic heterocycles. The minimum absolute atomic E-state index is 0.0600. The van der Waals surface area contributed by atoms with Crippen molar-refractivity contribution in [2.75, 3.05) is 19.8 Å². The molecule has 70 heavy (non-hydrogen) atoms. The predicted molar refractivity (Wildman–Crippen MR) is 307 cm³/mol. The number of allylic oxidation sites excluding steroid dienone is 10. The minimum Gasteiger partial charge on any atom is -0.462 e. The Balaban J connectivity index is 4.29. The molecule has 5 heteroatoms. The summed E-state index contributed by atoms with van der Waals surface area (Å²) < 4.78 is 17.5. The maximum absolute atomic E-state index is 12.9. The summed E-state index contributed by atoms with van der Waals surface area (Å²) in [4.78, 5) is 25.6. The second kappa shape index (κ2) is 60.9. The first-order chi connectivity index (χ1) is 34.6. The molecule has 0 radical (unpaired) electrons. The highest BCUT2D eigenvalue weighted by Gasteiger charge is 2.17. The number of esters is 2. The first-order valence-electron chi connectivity index (χ1n) is 30.8. The van der Waals surface area contributed by atoms with Gasteiger partial charge >= 0.3 is 11.9 Å². The molecule has 0 bridgehead atoms. The van der Waals surface area contributed by atoms with Crippen molar-refractivity contribution in [3.8, 4) is 0 Å². The first kappa shape index (κ1) is 67.6. The molecule has 0 heterocycles. The van der Waals surface area contributed by atoms with Crippen molar-refractivity contribution in [3.05, 3.63) is 60.8 Å². The zero-order chi connectivity index (χ0) is 50.6. The molecule has 0 fully saturated rings. The molecular weight excluding hydrogens is 861 g/mol. The molecule has 408 valence electrons. The Morgan fingerprint density at radius 3 is 1.01 bits per heavy atom. The fourth-order valence-corrected chi connectivity index (χ4v) is 9.02. The summed E-state index contributed by atoms with van der Waals surface area (Å²) in [6, 6.07) is 0. The molecule has 0 spiro atoms. The Bertz CT molecular complexity index is 1200. The zero-order valence-corrected chi connectivity index (χ0v) is 47.0. The molecular formula is C65H118O5. The molecule has 0 amide bonds. The number of unbranched alkanes of at least 4 members (excludes halogenated alkanes) is 36. The molecule has 0 saturated heterocycles. The molecule has 0 aliphatic carbocycles. The fraction of sp³-hybridized carbons (Fsp3) is 0.815. The van der Waals surface area contributed by atoms with Gasteiger partial charge in [0.1, 0.15) is 6.61 Å². The van der Waals surface area contributed by atoms with E-state index in [2.05, 4.69) is 81.5 Å². The number of rotatable bonds is 57. The summed E-state index contributed by atoms with van der Waals surface area (Å²) in [5.74, 6) is -0.446. The quantitative estimate of drug-likeness (QED) is 0.0345. The van der Waals surface area contributed by atoms with Crippen LogP contribution in [0.4, 0.5) is 0 Å². The van der Waals surface area contributed by atoms with Crippen LogP contribution in [-0.2, 0) is 23.8 Å². The van der Waals surface area contributed by atoms with Gasteiger partial charge in [0.25, 0.3) is 0 Å². The van der Waals surface area contributed by atoms with Crippen molar-refractivity contribution in [1.82, 2.24) is 0 Å². The van der Waals surface area contributed by atoms with E-state index in [0.717, 1.165) is 70.6 Å². The van der Waals surface area contributed by atoms with Crippen LogP contribution in [0.1, 0.15) is 316 Å². The van der Waals surface area contributed by atoms with Crippen molar-refractivity contribution < 1.29 is 23.8 Å². The van der Waals surface area contributed by atoms with Crippen LogP contribution in [0.15, 0.2) is 60.8 Å². The summed E-state index contributed by atoms with van der Waals surface area (Å²) in [5, 5.41) is 0. The highest BCUT2D eigenvalue weighted by Crippen LogP contribution is 2.17. The number of carbonyl (C=O) groups excluding carboxylic acids is 2. The molecule has 0 N–H and O–H groups in total. The van der Waals surface area contributed by atoms with Gasteiger partial charge in [0.2, 0.25) is 0 Å². The fourth-order valence-electron chi connectivity index (χ4n) is 9.02. The lowest BCUT2D eigenvalue weighted by molar-refractivity contribution is -0.163. The smallest absolute Gasteiger partial charge is 0.306 e. The van der Waals surface area contributed by atoms with Crippen LogP contribution in [0.25, 0.3) is 0 Å².